The highest BCUT2D eigenvalue weighted by atomic mass is 16.5. The Morgan fingerprint density at radius 3 is 3.08 bits per heavy atom. The van der Waals surface area contributed by atoms with Crippen molar-refractivity contribution in [3.8, 4) is 0 Å². The van der Waals surface area contributed by atoms with E-state index in [2.05, 4.69) is 26.4 Å². The number of carbonyl (C=O) groups excluding carboxylic acids is 1. The highest BCUT2D eigenvalue weighted by Crippen LogP contribution is 2.29. The summed E-state index contributed by atoms with van der Waals surface area (Å²) in [5.41, 5.74) is 1.50. The zero-order valence-corrected chi connectivity index (χ0v) is 14.6. The van der Waals surface area contributed by atoms with Gasteiger partial charge in [0.25, 0.3) is 0 Å². The molecule has 0 aromatic carbocycles. The van der Waals surface area contributed by atoms with Gasteiger partial charge < -0.3 is 9.84 Å². The molecule has 1 aliphatic carbocycles. The molecule has 2 heterocycles. The largest absolute Gasteiger partial charge is 0.355 e. The zero-order valence-electron chi connectivity index (χ0n) is 14.6. The molecule has 24 heavy (non-hydrogen) atoms. The Balaban J connectivity index is 1.45. The van der Waals surface area contributed by atoms with Gasteiger partial charge in [-0.1, -0.05) is 23.7 Å². The van der Waals surface area contributed by atoms with Crippen LogP contribution in [0.15, 0.2) is 16.2 Å². The van der Waals surface area contributed by atoms with E-state index in [4.69, 9.17) is 4.52 Å². The van der Waals surface area contributed by atoms with E-state index >= 15 is 0 Å². The maximum atomic E-state index is 12.2. The van der Waals surface area contributed by atoms with E-state index in [1.165, 1.54) is 31.3 Å². The third-order valence-corrected chi connectivity index (χ3v) is 4.95. The summed E-state index contributed by atoms with van der Waals surface area (Å²) in [7, 11) is 0. The Hall–Kier alpha value is -1.69. The summed E-state index contributed by atoms with van der Waals surface area (Å²) in [4.78, 5) is 18.8. The third-order valence-electron chi connectivity index (χ3n) is 4.95. The van der Waals surface area contributed by atoms with Crippen molar-refractivity contribution < 1.29 is 9.32 Å². The smallest absolute Gasteiger partial charge is 0.234 e. The van der Waals surface area contributed by atoms with E-state index < -0.39 is 0 Å². The number of nitrogens with one attached hydrogen (secondary N) is 1. The van der Waals surface area contributed by atoms with Crippen molar-refractivity contribution in [2.45, 2.75) is 64.3 Å². The van der Waals surface area contributed by atoms with Crippen LogP contribution in [0.3, 0.4) is 0 Å². The molecule has 1 aromatic heterocycles. The maximum Gasteiger partial charge on any atom is 0.234 e. The molecule has 0 bridgehead atoms. The minimum Gasteiger partial charge on any atom is -0.355 e. The fraction of sp³-hybridized carbons (Fsp3) is 0.722. The fourth-order valence-corrected chi connectivity index (χ4v) is 3.59. The minimum absolute atomic E-state index is 0.0949. The van der Waals surface area contributed by atoms with Crippen LogP contribution in [0.4, 0.5) is 0 Å². The lowest BCUT2D eigenvalue weighted by Crippen LogP contribution is -2.37. The summed E-state index contributed by atoms with van der Waals surface area (Å²) in [5.74, 6) is 1.49. The number of hydrogen-bond acceptors (Lipinski definition) is 5. The second-order valence-electron chi connectivity index (χ2n) is 6.74. The molecular formula is C18H28N4O2. The van der Waals surface area contributed by atoms with Gasteiger partial charge in [0.15, 0.2) is 5.82 Å². The molecule has 6 nitrogen and oxygen atoms in total. The van der Waals surface area contributed by atoms with Crippen molar-refractivity contribution in [1.82, 2.24) is 20.4 Å². The van der Waals surface area contributed by atoms with Crippen LogP contribution in [0, 0.1) is 0 Å². The molecule has 1 saturated heterocycles. The summed E-state index contributed by atoms with van der Waals surface area (Å²) in [6.45, 7) is 4.07. The molecular weight excluding hydrogens is 304 g/mol. The van der Waals surface area contributed by atoms with E-state index in [-0.39, 0.29) is 11.9 Å². The molecule has 132 valence electrons. The first-order valence-electron chi connectivity index (χ1n) is 9.27. The minimum atomic E-state index is 0.0949. The van der Waals surface area contributed by atoms with Crippen molar-refractivity contribution in [1.29, 1.82) is 0 Å². The molecule has 1 amide bonds. The van der Waals surface area contributed by atoms with E-state index in [1.54, 1.807) is 0 Å². The Kier molecular flexibility index (Phi) is 6.01. The summed E-state index contributed by atoms with van der Waals surface area (Å²) in [6.07, 6.45) is 11.1. The normalized spacial score (nSPS) is 21.7. The van der Waals surface area contributed by atoms with Gasteiger partial charge in [0.2, 0.25) is 11.8 Å². The topological polar surface area (TPSA) is 71.3 Å². The molecule has 1 aromatic rings. The van der Waals surface area contributed by atoms with Gasteiger partial charge >= 0.3 is 0 Å². The van der Waals surface area contributed by atoms with Gasteiger partial charge in [-0.05, 0) is 51.5 Å². The van der Waals surface area contributed by atoms with Gasteiger partial charge in [-0.15, -0.1) is 0 Å². The Bertz CT molecular complexity index is 581. The number of amides is 1. The number of carbonyl (C=O) groups is 1. The number of aromatic nitrogens is 2. The second-order valence-corrected chi connectivity index (χ2v) is 6.74. The van der Waals surface area contributed by atoms with Crippen molar-refractivity contribution in [2.75, 3.05) is 19.6 Å². The summed E-state index contributed by atoms with van der Waals surface area (Å²) < 4.78 is 5.22. The Morgan fingerprint density at radius 2 is 2.33 bits per heavy atom. The number of allylic oxidation sites excluding steroid dienone is 1. The molecule has 0 spiro atoms. The van der Waals surface area contributed by atoms with E-state index in [9.17, 15) is 4.79 Å². The van der Waals surface area contributed by atoms with Crippen molar-refractivity contribution in [3.63, 3.8) is 0 Å². The third kappa shape index (κ3) is 4.44. The highest BCUT2D eigenvalue weighted by Gasteiger charge is 2.31. The molecule has 0 saturated carbocycles. The summed E-state index contributed by atoms with van der Waals surface area (Å²) >= 11 is 0. The lowest BCUT2D eigenvalue weighted by molar-refractivity contribution is -0.122. The van der Waals surface area contributed by atoms with Crippen LogP contribution in [0.1, 0.15) is 69.6 Å². The van der Waals surface area contributed by atoms with Gasteiger partial charge in [0.1, 0.15) is 0 Å². The second kappa shape index (κ2) is 8.42. The number of likely N-dealkylation sites (tertiary alicyclic amines) is 1. The molecule has 6 heteroatoms. The van der Waals surface area contributed by atoms with Gasteiger partial charge in [-0.2, -0.15) is 4.98 Å². The SMILES string of the molecule is CCc1nc(C2CCCN2CC(=O)NCCC2=CCCCC2)no1. The lowest BCUT2D eigenvalue weighted by atomic mass is 9.97. The van der Waals surface area contributed by atoms with E-state index in [0.29, 0.717) is 12.4 Å². The average Bonchev–Trinajstić information content (AvgIpc) is 3.24. The fourth-order valence-electron chi connectivity index (χ4n) is 3.59. The van der Waals surface area contributed by atoms with E-state index in [1.807, 2.05) is 6.92 Å². The first-order chi connectivity index (χ1) is 11.8. The highest BCUT2D eigenvalue weighted by molar-refractivity contribution is 5.78. The zero-order chi connectivity index (χ0) is 16.8. The lowest BCUT2D eigenvalue weighted by Gasteiger charge is -2.21. The van der Waals surface area contributed by atoms with Crippen LogP contribution in [0.5, 0.6) is 0 Å². The molecule has 0 radical (unpaired) electrons. The van der Waals surface area contributed by atoms with Crippen LogP contribution < -0.4 is 5.32 Å². The van der Waals surface area contributed by atoms with Gasteiger partial charge in [-0.25, -0.2) is 0 Å². The standard InChI is InChI=1S/C18H28N4O2/c1-2-17-20-18(21-24-17)15-9-6-12-22(15)13-16(23)19-11-10-14-7-4-3-5-8-14/h7,15H,2-6,8-13H2,1H3,(H,19,23). The van der Waals surface area contributed by atoms with Crippen LogP contribution in [-0.2, 0) is 11.2 Å². The number of rotatable bonds is 7. The Morgan fingerprint density at radius 1 is 1.42 bits per heavy atom. The summed E-state index contributed by atoms with van der Waals surface area (Å²) in [6, 6.07) is 0.112. The molecule has 1 atom stereocenters. The monoisotopic (exact) mass is 332 g/mol. The number of hydrogen-bond donors (Lipinski definition) is 1. The maximum absolute atomic E-state index is 12.2. The van der Waals surface area contributed by atoms with Crippen LogP contribution in [0.25, 0.3) is 0 Å². The van der Waals surface area contributed by atoms with Crippen LogP contribution in [0.2, 0.25) is 0 Å². The molecule has 2 aliphatic rings. The molecule has 3 rings (SSSR count). The molecule has 1 unspecified atom stereocenters. The first kappa shape index (κ1) is 17.1. The van der Waals surface area contributed by atoms with Gasteiger partial charge in [-0.3, -0.25) is 9.69 Å². The first-order valence-corrected chi connectivity index (χ1v) is 9.27. The van der Waals surface area contributed by atoms with Crippen molar-refractivity contribution >= 4 is 5.91 Å². The number of aryl methyl sites for hydroxylation is 1. The predicted molar refractivity (Wildman–Crippen MR) is 91.4 cm³/mol. The van der Waals surface area contributed by atoms with Crippen molar-refractivity contribution in [3.05, 3.63) is 23.4 Å². The predicted octanol–water partition coefficient (Wildman–Crippen LogP) is 2.78. The quantitative estimate of drug-likeness (QED) is 0.777. The Labute approximate surface area is 143 Å². The average molecular weight is 332 g/mol. The summed E-state index contributed by atoms with van der Waals surface area (Å²) in [5, 5.41) is 7.14. The molecule has 1 aliphatic heterocycles. The van der Waals surface area contributed by atoms with Crippen LogP contribution in [-0.4, -0.2) is 40.6 Å². The van der Waals surface area contributed by atoms with Gasteiger partial charge in [0.05, 0.1) is 12.6 Å². The van der Waals surface area contributed by atoms with E-state index in [0.717, 1.165) is 44.6 Å². The van der Waals surface area contributed by atoms with Crippen molar-refractivity contribution in [2.24, 2.45) is 0 Å². The van der Waals surface area contributed by atoms with Crippen LogP contribution >= 0.6 is 0 Å². The molecule has 1 N–H and O–H groups in total. The van der Waals surface area contributed by atoms with Gasteiger partial charge in [0, 0.05) is 13.0 Å². The number of nitrogens with zero attached hydrogens (tertiary/aromatic N) is 3. The molecule has 1 fully saturated rings.